The van der Waals surface area contributed by atoms with Gasteiger partial charge in [-0.25, -0.2) is 4.79 Å². The minimum atomic E-state index is -0.954. The predicted octanol–water partition coefficient (Wildman–Crippen LogP) is 4.62. The Morgan fingerprint density at radius 1 is 1.17 bits per heavy atom. The van der Waals surface area contributed by atoms with Gasteiger partial charge >= 0.3 is 5.97 Å². The van der Waals surface area contributed by atoms with Crippen LogP contribution in [0, 0.1) is 0 Å². The third-order valence-electron chi connectivity index (χ3n) is 3.89. The van der Waals surface area contributed by atoms with Crippen LogP contribution >= 0.6 is 0 Å². The lowest BCUT2D eigenvalue weighted by Crippen LogP contribution is -2.11. The standard InChI is InChI=1S/C20H24O4/c1-15(7-3-6-10-20(21)22)13-16-11-12-18(23-2)19(14-16)24-17-8-4-5-9-17/h3,6-7,10-14,17H,4-5,8-9H2,1-2H3,(H,21,22). The number of hydrogen-bond acceptors (Lipinski definition) is 3. The first-order valence-corrected chi connectivity index (χ1v) is 8.19. The molecule has 0 amide bonds. The Hall–Kier alpha value is -2.49. The molecule has 0 saturated heterocycles. The quantitative estimate of drug-likeness (QED) is 0.586. The zero-order valence-corrected chi connectivity index (χ0v) is 14.2. The summed E-state index contributed by atoms with van der Waals surface area (Å²) in [4.78, 5) is 10.4. The van der Waals surface area contributed by atoms with Crippen molar-refractivity contribution in [3.05, 3.63) is 53.6 Å². The summed E-state index contributed by atoms with van der Waals surface area (Å²) in [7, 11) is 1.65. The van der Waals surface area contributed by atoms with Gasteiger partial charge in [-0.1, -0.05) is 35.9 Å². The van der Waals surface area contributed by atoms with Crippen LogP contribution in [0.15, 0.2) is 48.1 Å². The Kier molecular flexibility index (Phi) is 6.67. The Balaban J connectivity index is 2.11. The molecule has 0 spiro atoms. The molecule has 128 valence electrons. The number of allylic oxidation sites excluding steroid dienone is 4. The number of carboxylic acids is 1. The summed E-state index contributed by atoms with van der Waals surface area (Å²) < 4.78 is 11.5. The van der Waals surface area contributed by atoms with Gasteiger partial charge in [0.25, 0.3) is 0 Å². The average Bonchev–Trinajstić information content (AvgIpc) is 3.05. The van der Waals surface area contributed by atoms with Gasteiger partial charge in [-0.3, -0.25) is 0 Å². The number of benzene rings is 1. The minimum Gasteiger partial charge on any atom is -0.493 e. The Morgan fingerprint density at radius 3 is 2.54 bits per heavy atom. The van der Waals surface area contributed by atoms with Crippen LogP contribution in [0.4, 0.5) is 0 Å². The van der Waals surface area contributed by atoms with Crippen molar-refractivity contribution < 1.29 is 19.4 Å². The van der Waals surface area contributed by atoms with E-state index in [1.807, 2.05) is 37.3 Å². The summed E-state index contributed by atoms with van der Waals surface area (Å²) in [5.41, 5.74) is 2.04. The fraction of sp³-hybridized carbons (Fsp3) is 0.350. The van der Waals surface area contributed by atoms with E-state index in [0.717, 1.165) is 41.6 Å². The van der Waals surface area contributed by atoms with Crippen LogP contribution in [0.2, 0.25) is 0 Å². The van der Waals surface area contributed by atoms with Gasteiger partial charge in [-0.05, 0) is 50.3 Å². The molecule has 1 aliphatic carbocycles. The summed E-state index contributed by atoms with van der Waals surface area (Å²) in [6, 6.07) is 5.88. The molecule has 1 N–H and O–H groups in total. The van der Waals surface area contributed by atoms with Crippen molar-refractivity contribution in [1.29, 1.82) is 0 Å². The summed E-state index contributed by atoms with van der Waals surface area (Å²) in [5.74, 6) is 0.572. The highest BCUT2D eigenvalue weighted by Gasteiger charge is 2.18. The molecule has 1 aromatic carbocycles. The third kappa shape index (κ3) is 5.61. The van der Waals surface area contributed by atoms with E-state index in [9.17, 15) is 4.79 Å². The average molecular weight is 328 g/mol. The normalized spacial score (nSPS) is 16.2. The molecule has 1 saturated carbocycles. The van der Waals surface area contributed by atoms with Gasteiger partial charge in [0.1, 0.15) is 0 Å². The molecule has 0 heterocycles. The predicted molar refractivity (Wildman–Crippen MR) is 95.4 cm³/mol. The topological polar surface area (TPSA) is 55.8 Å². The highest BCUT2D eigenvalue weighted by atomic mass is 16.5. The number of carboxylic acid groups (broad SMARTS) is 1. The van der Waals surface area contributed by atoms with Crippen LogP contribution < -0.4 is 9.47 Å². The summed E-state index contributed by atoms with van der Waals surface area (Å²) in [6.07, 6.45) is 13.1. The van der Waals surface area contributed by atoms with Crippen LogP contribution in [0.25, 0.3) is 6.08 Å². The van der Waals surface area contributed by atoms with Crippen molar-refractivity contribution >= 4 is 12.0 Å². The lowest BCUT2D eigenvalue weighted by Gasteiger charge is -2.16. The highest BCUT2D eigenvalue weighted by Crippen LogP contribution is 2.33. The molecule has 2 rings (SSSR count). The van der Waals surface area contributed by atoms with Crippen molar-refractivity contribution in [3.8, 4) is 11.5 Å². The number of aliphatic carboxylic acids is 1. The van der Waals surface area contributed by atoms with Crippen molar-refractivity contribution in [3.63, 3.8) is 0 Å². The SMILES string of the molecule is COc1ccc(C=C(C)C=CC=CC(=O)O)cc1OC1CCCC1. The van der Waals surface area contributed by atoms with E-state index in [1.165, 1.54) is 18.9 Å². The van der Waals surface area contributed by atoms with Gasteiger partial charge in [0, 0.05) is 6.08 Å². The van der Waals surface area contributed by atoms with Crippen molar-refractivity contribution in [2.75, 3.05) is 7.11 Å². The molecule has 0 bridgehead atoms. The van der Waals surface area contributed by atoms with E-state index in [0.29, 0.717) is 0 Å². The Morgan fingerprint density at radius 2 is 1.88 bits per heavy atom. The molecule has 1 aliphatic rings. The lowest BCUT2D eigenvalue weighted by molar-refractivity contribution is -0.131. The number of ether oxygens (including phenoxy) is 2. The van der Waals surface area contributed by atoms with E-state index in [2.05, 4.69) is 0 Å². The maximum Gasteiger partial charge on any atom is 0.328 e. The fourth-order valence-corrected chi connectivity index (χ4v) is 2.72. The van der Waals surface area contributed by atoms with Gasteiger partial charge in [0.2, 0.25) is 0 Å². The van der Waals surface area contributed by atoms with Crippen LogP contribution in [0.3, 0.4) is 0 Å². The molecular weight excluding hydrogens is 304 g/mol. The van der Waals surface area contributed by atoms with Gasteiger partial charge in [-0.15, -0.1) is 0 Å². The zero-order chi connectivity index (χ0) is 17.4. The lowest BCUT2D eigenvalue weighted by atomic mass is 10.1. The van der Waals surface area contributed by atoms with Crippen LogP contribution in [0.5, 0.6) is 11.5 Å². The number of methoxy groups -OCH3 is 1. The molecule has 24 heavy (non-hydrogen) atoms. The molecule has 0 unspecified atom stereocenters. The maximum absolute atomic E-state index is 10.4. The third-order valence-corrected chi connectivity index (χ3v) is 3.89. The van der Waals surface area contributed by atoms with Crippen molar-refractivity contribution in [2.24, 2.45) is 0 Å². The molecule has 0 aliphatic heterocycles. The van der Waals surface area contributed by atoms with E-state index in [4.69, 9.17) is 14.6 Å². The van der Waals surface area contributed by atoms with Crippen molar-refractivity contribution in [2.45, 2.75) is 38.7 Å². The van der Waals surface area contributed by atoms with E-state index in [-0.39, 0.29) is 6.10 Å². The first-order valence-electron chi connectivity index (χ1n) is 8.19. The Bertz CT molecular complexity index is 650. The van der Waals surface area contributed by atoms with Crippen LogP contribution in [-0.4, -0.2) is 24.3 Å². The smallest absolute Gasteiger partial charge is 0.328 e. The largest absolute Gasteiger partial charge is 0.493 e. The molecule has 4 nitrogen and oxygen atoms in total. The first-order chi connectivity index (χ1) is 11.6. The second kappa shape index (κ2) is 8.96. The van der Waals surface area contributed by atoms with E-state index < -0.39 is 5.97 Å². The Labute approximate surface area is 143 Å². The van der Waals surface area contributed by atoms with E-state index >= 15 is 0 Å². The number of rotatable bonds is 7. The monoisotopic (exact) mass is 328 g/mol. The highest BCUT2D eigenvalue weighted by molar-refractivity contribution is 5.80. The minimum absolute atomic E-state index is 0.278. The maximum atomic E-state index is 10.4. The zero-order valence-electron chi connectivity index (χ0n) is 14.2. The molecule has 0 atom stereocenters. The first kappa shape index (κ1) is 17.9. The molecule has 0 aromatic heterocycles. The van der Waals surface area contributed by atoms with E-state index in [1.54, 1.807) is 13.2 Å². The summed E-state index contributed by atoms with van der Waals surface area (Å²) in [6.45, 7) is 1.97. The second-order valence-corrected chi connectivity index (χ2v) is 5.88. The van der Waals surface area contributed by atoms with Gasteiger partial charge in [0.15, 0.2) is 11.5 Å². The number of hydrogen-bond donors (Lipinski definition) is 1. The summed E-state index contributed by atoms with van der Waals surface area (Å²) >= 11 is 0. The number of carbonyl (C=O) groups is 1. The van der Waals surface area contributed by atoms with Crippen molar-refractivity contribution in [1.82, 2.24) is 0 Å². The molecule has 1 aromatic rings. The molecule has 1 fully saturated rings. The fourth-order valence-electron chi connectivity index (χ4n) is 2.72. The summed E-state index contributed by atoms with van der Waals surface area (Å²) in [5, 5.41) is 8.55. The van der Waals surface area contributed by atoms with Crippen LogP contribution in [-0.2, 0) is 4.79 Å². The van der Waals surface area contributed by atoms with Gasteiger partial charge in [-0.2, -0.15) is 0 Å². The van der Waals surface area contributed by atoms with Gasteiger partial charge < -0.3 is 14.6 Å². The van der Waals surface area contributed by atoms with Gasteiger partial charge in [0.05, 0.1) is 13.2 Å². The molecule has 4 heteroatoms. The molecule has 0 radical (unpaired) electrons. The molecular formula is C20H24O4. The van der Waals surface area contributed by atoms with Crippen LogP contribution in [0.1, 0.15) is 38.2 Å². The second-order valence-electron chi connectivity index (χ2n) is 5.88.